The van der Waals surface area contributed by atoms with Crippen molar-refractivity contribution in [2.24, 2.45) is 5.73 Å². The minimum absolute atomic E-state index is 0.253. The Morgan fingerprint density at radius 1 is 1.43 bits per heavy atom. The second-order valence-corrected chi connectivity index (χ2v) is 3.66. The number of nitrogens with two attached hydrogens (primary N) is 1. The van der Waals surface area contributed by atoms with E-state index in [1.807, 2.05) is 19.9 Å². The average Bonchev–Trinajstić information content (AvgIpc) is 2.15. The molecule has 0 fully saturated rings. The predicted molar refractivity (Wildman–Crippen MR) is 54.6 cm³/mol. The molecule has 2 N–H and O–H groups in total. The monoisotopic (exact) mass is 197 g/mol. The zero-order chi connectivity index (χ0) is 10.8. The van der Waals surface area contributed by atoms with Crippen molar-refractivity contribution in [1.29, 1.82) is 0 Å². The fraction of sp³-hybridized carbons (Fsp3) is 0.455. The summed E-state index contributed by atoms with van der Waals surface area (Å²) in [6.07, 6.45) is 0. The Bertz CT molecular complexity index is 301. The van der Waals surface area contributed by atoms with E-state index >= 15 is 0 Å². The van der Waals surface area contributed by atoms with Crippen LogP contribution in [-0.2, 0) is 10.3 Å². The van der Waals surface area contributed by atoms with Gasteiger partial charge in [0.05, 0.1) is 0 Å². The molecule has 1 unspecified atom stereocenters. The van der Waals surface area contributed by atoms with Gasteiger partial charge in [-0.3, -0.25) is 0 Å². The maximum atomic E-state index is 13.1. The molecule has 0 heterocycles. The van der Waals surface area contributed by atoms with E-state index in [2.05, 4.69) is 0 Å². The average molecular weight is 197 g/mol. The molecule has 14 heavy (non-hydrogen) atoms. The molecule has 1 rings (SSSR count). The molecule has 0 amide bonds. The molecule has 1 aromatic rings. The van der Waals surface area contributed by atoms with Crippen LogP contribution in [0.2, 0.25) is 0 Å². The van der Waals surface area contributed by atoms with E-state index in [1.54, 1.807) is 7.11 Å². The number of halogens is 1. The molecule has 78 valence electrons. The van der Waals surface area contributed by atoms with Crippen molar-refractivity contribution in [3.63, 3.8) is 0 Å². The normalized spacial score (nSPS) is 15.2. The van der Waals surface area contributed by atoms with E-state index in [4.69, 9.17) is 10.5 Å². The summed E-state index contributed by atoms with van der Waals surface area (Å²) in [5.41, 5.74) is 6.65. The van der Waals surface area contributed by atoms with Crippen molar-refractivity contribution >= 4 is 0 Å². The van der Waals surface area contributed by atoms with E-state index in [0.717, 1.165) is 11.1 Å². The summed E-state index contributed by atoms with van der Waals surface area (Å²) >= 11 is 0. The van der Waals surface area contributed by atoms with Gasteiger partial charge < -0.3 is 10.5 Å². The van der Waals surface area contributed by atoms with Crippen molar-refractivity contribution in [2.45, 2.75) is 19.4 Å². The fourth-order valence-corrected chi connectivity index (χ4v) is 1.36. The fourth-order valence-electron chi connectivity index (χ4n) is 1.36. The smallest absolute Gasteiger partial charge is 0.123 e. The highest BCUT2D eigenvalue weighted by Crippen LogP contribution is 2.24. The Labute approximate surface area is 83.9 Å². The Kier molecular flexibility index (Phi) is 3.24. The van der Waals surface area contributed by atoms with Gasteiger partial charge in [0.2, 0.25) is 0 Å². The lowest BCUT2D eigenvalue weighted by Gasteiger charge is -2.27. The van der Waals surface area contributed by atoms with Gasteiger partial charge in [-0.1, -0.05) is 6.07 Å². The molecule has 1 atom stereocenters. The Balaban J connectivity index is 3.17. The van der Waals surface area contributed by atoms with Crippen LogP contribution in [0.5, 0.6) is 0 Å². The zero-order valence-corrected chi connectivity index (χ0v) is 8.80. The first-order chi connectivity index (χ1) is 6.51. The van der Waals surface area contributed by atoms with E-state index in [0.29, 0.717) is 6.54 Å². The van der Waals surface area contributed by atoms with Crippen molar-refractivity contribution in [2.75, 3.05) is 13.7 Å². The second-order valence-electron chi connectivity index (χ2n) is 3.66. The van der Waals surface area contributed by atoms with Crippen molar-refractivity contribution in [1.82, 2.24) is 0 Å². The molecule has 0 bridgehead atoms. The third kappa shape index (κ3) is 2.11. The lowest BCUT2D eigenvalue weighted by atomic mass is 9.94. The molecule has 1 aromatic carbocycles. The van der Waals surface area contributed by atoms with E-state index in [1.165, 1.54) is 12.1 Å². The predicted octanol–water partition coefficient (Wildman–Crippen LogP) is 1.95. The number of rotatable bonds is 3. The number of aryl methyl sites for hydroxylation is 1. The van der Waals surface area contributed by atoms with Crippen LogP contribution in [0.4, 0.5) is 4.39 Å². The first-order valence-electron chi connectivity index (χ1n) is 4.55. The molecule has 3 heteroatoms. The molecule has 0 aromatic heterocycles. The first-order valence-corrected chi connectivity index (χ1v) is 4.55. The van der Waals surface area contributed by atoms with E-state index in [-0.39, 0.29) is 5.82 Å². The van der Waals surface area contributed by atoms with Gasteiger partial charge in [-0.25, -0.2) is 4.39 Å². The summed E-state index contributed by atoms with van der Waals surface area (Å²) in [5, 5.41) is 0. The van der Waals surface area contributed by atoms with Gasteiger partial charge in [-0.05, 0) is 37.1 Å². The van der Waals surface area contributed by atoms with E-state index in [9.17, 15) is 4.39 Å². The lowest BCUT2D eigenvalue weighted by Crippen LogP contribution is -2.33. The number of ether oxygens (including phenoxy) is 1. The molecular formula is C11H16FNO. The van der Waals surface area contributed by atoms with Gasteiger partial charge in [0.1, 0.15) is 11.4 Å². The molecule has 0 aliphatic carbocycles. The zero-order valence-electron chi connectivity index (χ0n) is 8.80. The number of hydrogen-bond acceptors (Lipinski definition) is 2. The number of hydrogen-bond donors (Lipinski definition) is 1. The molecule has 0 saturated heterocycles. The van der Waals surface area contributed by atoms with Gasteiger partial charge in [0.15, 0.2) is 0 Å². The van der Waals surface area contributed by atoms with Gasteiger partial charge in [0, 0.05) is 13.7 Å². The van der Waals surface area contributed by atoms with Crippen LogP contribution < -0.4 is 5.73 Å². The van der Waals surface area contributed by atoms with Crippen LogP contribution >= 0.6 is 0 Å². The molecule has 0 spiro atoms. The third-order valence-corrected chi connectivity index (χ3v) is 2.49. The molecule has 0 aliphatic rings. The minimum Gasteiger partial charge on any atom is -0.372 e. The highest BCUT2D eigenvalue weighted by molar-refractivity contribution is 5.28. The third-order valence-electron chi connectivity index (χ3n) is 2.49. The largest absolute Gasteiger partial charge is 0.372 e. The van der Waals surface area contributed by atoms with Crippen LogP contribution in [0.3, 0.4) is 0 Å². The standard InChI is InChI=1S/C11H16FNO/c1-8-4-9(6-10(12)5-8)11(2,7-13)14-3/h4-6H,7,13H2,1-3H3. The summed E-state index contributed by atoms with van der Waals surface area (Å²) in [4.78, 5) is 0. The van der Waals surface area contributed by atoms with Gasteiger partial charge in [-0.2, -0.15) is 0 Å². The van der Waals surface area contributed by atoms with Gasteiger partial charge >= 0.3 is 0 Å². The summed E-state index contributed by atoms with van der Waals surface area (Å²) in [5.74, 6) is -0.253. The summed E-state index contributed by atoms with van der Waals surface area (Å²) in [6.45, 7) is 4.02. The Hall–Kier alpha value is -0.930. The maximum Gasteiger partial charge on any atom is 0.123 e. The topological polar surface area (TPSA) is 35.2 Å². The highest BCUT2D eigenvalue weighted by Gasteiger charge is 2.24. The van der Waals surface area contributed by atoms with Crippen molar-refractivity contribution in [3.8, 4) is 0 Å². The summed E-state index contributed by atoms with van der Waals surface area (Å²) in [7, 11) is 1.58. The molecule has 0 saturated carbocycles. The van der Waals surface area contributed by atoms with E-state index < -0.39 is 5.60 Å². The summed E-state index contributed by atoms with van der Waals surface area (Å²) in [6, 6.07) is 4.83. The first kappa shape index (κ1) is 11.1. The molecule has 2 nitrogen and oxygen atoms in total. The van der Waals surface area contributed by atoms with Crippen LogP contribution in [0.25, 0.3) is 0 Å². The summed E-state index contributed by atoms with van der Waals surface area (Å²) < 4.78 is 18.4. The highest BCUT2D eigenvalue weighted by atomic mass is 19.1. The Morgan fingerprint density at radius 2 is 2.07 bits per heavy atom. The van der Waals surface area contributed by atoms with Crippen LogP contribution in [0, 0.1) is 12.7 Å². The van der Waals surface area contributed by atoms with Gasteiger partial charge in [0.25, 0.3) is 0 Å². The quantitative estimate of drug-likeness (QED) is 0.803. The van der Waals surface area contributed by atoms with Crippen molar-refractivity contribution in [3.05, 3.63) is 35.1 Å². The molecule has 0 radical (unpaired) electrons. The van der Waals surface area contributed by atoms with Crippen LogP contribution in [0.15, 0.2) is 18.2 Å². The maximum absolute atomic E-state index is 13.1. The van der Waals surface area contributed by atoms with Crippen molar-refractivity contribution < 1.29 is 9.13 Å². The molecule has 0 aliphatic heterocycles. The molecular weight excluding hydrogens is 181 g/mol. The minimum atomic E-state index is -0.604. The number of benzene rings is 1. The second kappa shape index (κ2) is 4.07. The SMILES string of the molecule is COC(C)(CN)c1cc(C)cc(F)c1. The Morgan fingerprint density at radius 3 is 2.50 bits per heavy atom. The van der Waals surface area contributed by atoms with Crippen LogP contribution in [-0.4, -0.2) is 13.7 Å². The number of methoxy groups -OCH3 is 1. The van der Waals surface area contributed by atoms with Gasteiger partial charge in [-0.15, -0.1) is 0 Å². The lowest BCUT2D eigenvalue weighted by molar-refractivity contribution is 0.00979. The van der Waals surface area contributed by atoms with Crippen LogP contribution in [0.1, 0.15) is 18.1 Å².